The first-order valence-corrected chi connectivity index (χ1v) is 8.41. The van der Waals surface area contributed by atoms with E-state index >= 15 is 0 Å². The molecule has 19 heavy (non-hydrogen) atoms. The van der Waals surface area contributed by atoms with E-state index < -0.39 is 0 Å². The highest BCUT2D eigenvalue weighted by atomic mass is 79.9. The van der Waals surface area contributed by atoms with E-state index in [2.05, 4.69) is 43.7 Å². The molecule has 1 aliphatic rings. The van der Waals surface area contributed by atoms with Crippen molar-refractivity contribution in [3.05, 3.63) is 28.7 Å². The van der Waals surface area contributed by atoms with Crippen LogP contribution in [0.5, 0.6) is 5.75 Å². The average molecular weight is 393 g/mol. The van der Waals surface area contributed by atoms with Gasteiger partial charge in [0.25, 0.3) is 0 Å². The normalized spacial score (nSPS) is 24.4. The third-order valence-electron chi connectivity index (χ3n) is 3.05. The van der Waals surface area contributed by atoms with Gasteiger partial charge in [-0.3, -0.25) is 4.90 Å². The van der Waals surface area contributed by atoms with Crippen molar-refractivity contribution in [2.24, 2.45) is 0 Å². The lowest BCUT2D eigenvalue weighted by Crippen LogP contribution is -2.48. The molecule has 106 valence electrons. The van der Waals surface area contributed by atoms with E-state index in [1.54, 1.807) is 0 Å². The van der Waals surface area contributed by atoms with Gasteiger partial charge in [-0.15, -0.1) is 0 Å². The molecule has 0 spiro atoms. The van der Waals surface area contributed by atoms with E-state index in [4.69, 9.17) is 9.47 Å². The average Bonchev–Trinajstić information content (AvgIpc) is 2.38. The van der Waals surface area contributed by atoms with Gasteiger partial charge in [-0.1, -0.05) is 37.9 Å². The highest BCUT2D eigenvalue weighted by Gasteiger charge is 2.24. The summed E-state index contributed by atoms with van der Waals surface area (Å²) >= 11 is 6.93. The Bertz CT molecular complexity index is 403. The zero-order chi connectivity index (χ0) is 13.7. The van der Waals surface area contributed by atoms with E-state index in [9.17, 15) is 0 Å². The Labute approximate surface area is 131 Å². The van der Waals surface area contributed by atoms with Crippen molar-refractivity contribution in [1.82, 2.24) is 4.90 Å². The van der Waals surface area contributed by atoms with E-state index in [0.29, 0.717) is 12.7 Å². The Kier molecular flexibility index (Phi) is 6.13. The fourth-order valence-corrected chi connectivity index (χ4v) is 2.99. The molecule has 1 aliphatic heterocycles. The van der Waals surface area contributed by atoms with Crippen LogP contribution in [0, 0.1) is 0 Å². The maximum absolute atomic E-state index is 5.81. The summed E-state index contributed by atoms with van der Waals surface area (Å²) in [5.74, 6) is 0.910. The molecule has 0 bridgehead atoms. The molecule has 2 rings (SSSR count). The minimum Gasteiger partial charge on any atom is -0.492 e. The van der Waals surface area contributed by atoms with Crippen LogP contribution in [0.1, 0.15) is 6.92 Å². The minimum absolute atomic E-state index is 0.287. The van der Waals surface area contributed by atoms with Crippen LogP contribution in [-0.2, 0) is 4.74 Å². The van der Waals surface area contributed by atoms with Gasteiger partial charge in [-0.25, -0.2) is 0 Å². The minimum atomic E-state index is 0.287. The van der Waals surface area contributed by atoms with Crippen LogP contribution in [-0.4, -0.2) is 48.7 Å². The summed E-state index contributed by atoms with van der Waals surface area (Å²) in [7, 11) is 0. The maximum atomic E-state index is 5.81. The summed E-state index contributed by atoms with van der Waals surface area (Å²) in [6.07, 6.45) is 0.580. The molecule has 1 aromatic rings. The third kappa shape index (κ3) is 5.06. The number of nitrogens with zero attached hydrogens (tertiary/aromatic N) is 1. The van der Waals surface area contributed by atoms with Gasteiger partial charge in [-0.2, -0.15) is 0 Å². The number of halogens is 2. The molecule has 5 heteroatoms. The first-order chi connectivity index (χ1) is 9.17. The lowest BCUT2D eigenvalue weighted by molar-refractivity contribution is -0.0672. The van der Waals surface area contributed by atoms with E-state index in [1.807, 2.05) is 24.3 Å². The zero-order valence-electron chi connectivity index (χ0n) is 11.0. The zero-order valence-corrected chi connectivity index (χ0v) is 14.2. The van der Waals surface area contributed by atoms with Crippen LogP contribution in [0.3, 0.4) is 0 Å². The predicted octanol–water partition coefficient (Wildman–Crippen LogP) is 3.31. The van der Waals surface area contributed by atoms with Gasteiger partial charge in [0.1, 0.15) is 12.4 Å². The topological polar surface area (TPSA) is 21.7 Å². The highest BCUT2D eigenvalue weighted by molar-refractivity contribution is 9.10. The van der Waals surface area contributed by atoms with Crippen LogP contribution in [0.15, 0.2) is 28.7 Å². The summed E-state index contributed by atoms with van der Waals surface area (Å²) < 4.78 is 12.6. The van der Waals surface area contributed by atoms with Crippen molar-refractivity contribution in [2.75, 3.05) is 31.6 Å². The van der Waals surface area contributed by atoms with E-state index in [0.717, 1.165) is 35.2 Å². The smallest absolute Gasteiger partial charge is 0.120 e. The number of hydrogen-bond acceptors (Lipinski definition) is 3. The van der Waals surface area contributed by atoms with Gasteiger partial charge in [0.2, 0.25) is 0 Å². The van der Waals surface area contributed by atoms with Crippen LogP contribution in [0.4, 0.5) is 0 Å². The van der Waals surface area contributed by atoms with Crippen molar-refractivity contribution < 1.29 is 9.47 Å². The number of hydrogen-bond donors (Lipinski definition) is 0. The first kappa shape index (κ1) is 15.3. The van der Waals surface area contributed by atoms with Gasteiger partial charge >= 0.3 is 0 Å². The van der Waals surface area contributed by atoms with Gasteiger partial charge in [0.05, 0.1) is 12.2 Å². The Hall–Kier alpha value is -0.100. The number of morpholine rings is 1. The molecule has 1 heterocycles. The summed E-state index contributed by atoms with van der Waals surface area (Å²) in [5, 5.41) is 0.889. The molecule has 0 aromatic heterocycles. The Morgan fingerprint density at radius 1 is 1.42 bits per heavy atom. The molecule has 3 nitrogen and oxygen atoms in total. The second-order valence-electron chi connectivity index (χ2n) is 4.79. The molecule has 0 N–H and O–H groups in total. The third-order valence-corrected chi connectivity index (χ3v) is 4.26. The van der Waals surface area contributed by atoms with Crippen molar-refractivity contribution >= 4 is 31.9 Å². The maximum Gasteiger partial charge on any atom is 0.120 e. The fraction of sp³-hybridized carbons (Fsp3) is 0.571. The quantitative estimate of drug-likeness (QED) is 0.717. The molecule has 0 radical (unpaired) electrons. The molecule has 1 saturated heterocycles. The second kappa shape index (κ2) is 7.62. The van der Waals surface area contributed by atoms with Gasteiger partial charge < -0.3 is 9.47 Å². The van der Waals surface area contributed by atoms with Crippen LogP contribution >= 0.6 is 31.9 Å². The van der Waals surface area contributed by atoms with Crippen LogP contribution < -0.4 is 4.74 Å². The second-order valence-corrected chi connectivity index (χ2v) is 6.35. The van der Waals surface area contributed by atoms with Gasteiger partial charge in [0.15, 0.2) is 0 Å². The molecule has 2 atom stereocenters. The summed E-state index contributed by atoms with van der Waals surface area (Å²) in [6, 6.07) is 7.95. The molecule has 2 unspecified atom stereocenters. The van der Waals surface area contributed by atoms with Gasteiger partial charge in [0, 0.05) is 29.4 Å². The van der Waals surface area contributed by atoms with E-state index in [1.165, 1.54) is 0 Å². The highest BCUT2D eigenvalue weighted by Crippen LogP contribution is 2.18. The predicted molar refractivity (Wildman–Crippen MR) is 84.2 cm³/mol. The molecule has 0 saturated carbocycles. The number of ether oxygens (including phenoxy) is 2. The SMILES string of the molecule is CC1CN(CCOc2cccc(Br)c2)CC(CBr)O1. The van der Waals surface area contributed by atoms with Crippen LogP contribution in [0.25, 0.3) is 0 Å². The van der Waals surface area contributed by atoms with Crippen molar-refractivity contribution in [3.8, 4) is 5.75 Å². The lowest BCUT2D eigenvalue weighted by Gasteiger charge is -2.36. The Balaban J connectivity index is 1.76. The molecular weight excluding hydrogens is 374 g/mol. The fourth-order valence-electron chi connectivity index (χ4n) is 2.26. The van der Waals surface area contributed by atoms with E-state index in [-0.39, 0.29) is 6.10 Å². The van der Waals surface area contributed by atoms with Crippen LogP contribution in [0.2, 0.25) is 0 Å². The van der Waals surface area contributed by atoms with Crippen molar-refractivity contribution in [1.29, 1.82) is 0 Å². The monoisotopic (exact) mass is 391 g/mol. The number of benzene rings is 1. The van der Waals surface area contributed by atoms with Crippen molar-refractivity contribution in [3.63, 3.8) is 0 Å². The summed E-state index contributed by atoms with van der Waals surface area (Å²) in [6.45, 7) is 5.71. The molecular formula is C14H19Br2NO2. The number of rotatable bonds is 5. The summed E-state index contributed by atoms with van der Waals surface area (Å²) in [4.78, 5) is 2.40. The van der Waals surface area contributed by atoms with Crippen molar-refractivity contribution in [2.45, 2.75) is 19.1 Å². The Morgan fingerprint density at radius 2 is 2.26 bits per heavy atom. The van der Waals surface area contributed by atoms with Gasteiger partial charge in [-0.05, 0) is 25.1 Å². The molecule has 0 aliphatic carbocycles. The Morgan fingerprint density at radius 3 is 3.00 bits per heavy atom. The largest absolute Gasteiger partial charge is 0.492 e. The molecule has 1 fully saturated rings. The number of alkyl halides is 1. The molecule has 1 aromatic carbocycles. The first-order valence-electron chi connectivity index (χ1n) is 6.49. The summed E-state index contributed by atoms with van der Waals surface area (Å²) in [5.41, 5.74) is 0. The standard InChI is InChI=1S/C14H19Br2NO2/c1-11-9-17(10-14(8-15)19-11)5-6-18-13-4-2-3-12(16)7-13/h2-4,7,11,14H,5-6,8-10H2,1H3. The lowest BCUT2D eigenvalue weighted by atomic mass is 10.2. The molecule has 0 amide bonds.